The van der Waals surface area contributed by atoms with Crippen LogP contribution in [-0.4, -0.2) is 20.5 Å². The summed E-state index contributed by atoms with van der Waals surface area (Å²) < 4.78 is 1.97. The van der Waals surface area contributed by atoms with Crippen molar-refractivity contribution in [3.05, 3.63) is 18.0 Å². The van der Waals surface area contributed by atoms with E-state index in [1.807, 2.05) is 10.9 Å². The van der Waals surface area contributed by atoms with Gasteiger partial charge in [0.05, 0.1) is 17.4 Å². The largest absolute Gasteiger partial charge is 0.390 e. The van der Waals surface area contributed by atoms with Gasteiger partial charge in [-0.2, -0.15) is 10.4 Å². The first kappa shape index (κ1) is 20.6. The lowest BCUT2D eigenvalue weighted by Gasteiger charge is -2.62. The smallest absolute Gasteiger partial charge is 0.102 e. The predicted octanol–water partition coefficient (Wildman–Crippen LogP) is 5.55. The summed E-state index contributed by atoms with van der Waals surface area (Å²) in [5, 5.41) is 24.1. The molecule has 1 aromatic heterocycles. The van der Waals surface area contributed by atoms with Crippen LogP contribution >= 0.6 is 0 Å². The summed E-state index contributed by atoms with van der Waals surface area (Å²) in [4.78, 5) is 0. The number of nitriles is 1. The molecule has 0 aromatic carbocycles. The molecule has 4 nitrogen and oxygen atoms in total. The van der Waals surface area contributed by atoms with Gasteiger partial charge in [0.2, 0.25) is 0 Å². The van der Waals surface area contributed by atoms with E-state index in [4.69, 9.17) is 5.26 Å². The Hall–Kier alpha value is -1.34. The van der Waals surface area contributed by atoms with Crippen LogP contribution in [0.4, 0.5) is 0 Å². The minimum Gasteiger partial charge on any atom is -0.390 e. The second kappa shape index (κ2) is 7.09. The Kier molecular flexibility index (Phi) is 4.86. The van der Waals surface area contributed by atoms with Gasteiger partial charge in [-0.1, -0.05) is 13.8 Å². The van der Waals surface area contributed by atoms with Gasteiger partial charge in [-0.3, -0.25) is 4.68 Å². The van der Waals surface area contributed by atoms with E-state index in [0.717, 1.165) is 49.0 Å². The summed E-state index contributed by atoms with van der Waals surface area (Å²) in [6.45, 7) is 8.20. The fraction of sp³-hybridized carbons (Fsp3) is 0.846. The number of aryl methyl sites for hydroxylation is 1. The van der Waals surface area contributed by atoms with E-state index in [9.17, 15) is 5.11 Å². The summed E-state index contributed by atoms with van der Waals surface area (Å²) >= 11 is 0. The Morgan fingerprint density at radius 1 is 1.07 bits per heavy atom. The Labute approximate surface area is 182 Å². The van der Waals surface area contributed by atoms with Crippen LogP contribution in [0, 0.1) is 51.8 Å². The molecule has 1 heterocycles. The van der Waals surface area contributed by atoms with Gasteiger partial charge < -0.3 is 5.11 Å². The lowest BCUT2D eigenvalue weighted by molar-refractivity contribution is -0.146. The van der Waals surface area contributed by atoms with Crippen LogP contribution in [0.3, 0.4) is 0 Å². The predicted molar refractivity (Wildman–Crippen MR) is 117 cm³/mol. The maximum atomic E-state index is 10.7. The Balaban J connectivity index is 1.30. The number of hydrogen-bond donors (Lipinski definition) is 1. The zero-order valence-corrected chi connectivity index (χ0v) is 19.1. The van der Waals surface area contributed by atoms with E-state index in [1.54, 1.807) is 6.20 Å². The third kappa shape index (κ3) is 3.15. The molecule has 164 valence electrons. The summed E-state index contributed by atoms with van der Waals surface area (Å²) in [5.74, 6) is 4.16. The zero-order chi connectivity index (χ0) is 21.1. The average Bonchev–Trinajstić information content (AvgIpc) is 3.30. The first-order valence-corrected chi connectivity index (χ1v) is 12.4. The minimum absolute atomic E-state index is 0.434. The number of aromatic nitrogens is 2. The van der Waals surface area contributed by atoms with Crippen LogP contribution in [0.2, 0.25) is 0 Å². The number of rotatable bonds is 3. The molecule has 0 unspecified atom stereocenters. The van der Waals surface area contributed by atoms with Gasteiger partial charge in [-0.05, 0) is 112 Å². The van der Waals surface area contributed by atoms with Crippen molar-refractivity contribution in [1.82, 2.24) is 9.78 Å². The molecule has 8 atom stereocenters. The Morgan fingerprint density at radius 3 is 2.63 bits per heavy atom. The molecule has 0 aliphatic heterocycles. The van der Waals surface area contributed by atoms with Crippen LogP contribution in [0.1, 0.15) is 90.5 Å². The summed E-state index contributed by atoms with van der Waals surface area (Å²) in [5.41, 5.74) is 1.17. The molecule has 0 radical (unpaired) electrons. The van der Waals surface area contributed by atoms with Crippen LogP contribution in [0.25, 0.3) is 0 Å². The third-order valence-corrected chi connectivity index (χ3v) is 10.6. The molecule has 4 heteroatoms. The van der Waals surface area contributed by atoms with Crippen molar-refractivity contribution in [3.8, 4) is 6.07 Å². The highest BCUT2D eigenvalue weighted by atomic mass is 16.3. The molecule has 0 spiro atoms. The molecule has 0 amide bonds. The Bertz CT molecular complexity index is 838. The van der Waals surface area contributed by atoms with E-state index in [2.05, 4.69) is 31.9 Å². The summed E-state index contributed by atoms with van der Waals surface area (Å²) in [6.07, 6.45) is 16.3. The monoisotopic (exact) mass is 409 g/mol. The number of aliphatic hydroxyl groups is 1. The number of nitrogens with zero attached hydrogens (tertiary/aromatic N) is 3. The molecular formula is C26H39N3O. The quantitative estimate of drug-likeness (QED) is 0.711. The summed E-state index contributed by atoms with van der Waals surface area (Å²) in [6, 6.07) is 2.19. The second-order valence-corrected chi connectivity index (χ2v) is 12.1. The number of hydrogen-bond acceptors (Lipinski definition) is 3. The topological polar surface area (TPSA) is 61.8 Å². The van der Waals surface area contributed by atoms with Crippen LogP contribution in [0.5, 0.6) is 0 Å². The first-order valence-electron chi connectivity index (χ1n) is 12.4. The van der Waals surface area contributed by atoms with E-state index < -0.39 is 5.60 Å². The highest BCUT2D eigenvalue weighted by molar-refractivity contribution is 5.21. The number of fused-ring (bicyclic) bond motifs is 5. The van der Waals surface area contributed by atoms with Crippen molar-refractivity contribution in [2.24, 2.45) is 40.4 Å². The molecule has 30 heavy (non-hydrogen) atoms. The van der Waals surface area contributed by atoms with Crippen molar-refractivity contribution in [1.29, 1.82) is 5.26 Å². The lowest BCUT2D eigenvalue weighted by Crippen LogP contribution is -2.55. The van der Waals surface area contributed by atoms with E-state index in [-0.39, 0.29) is 0 Å². The van der Waals surface area contributed by atoms with Gasteiger partial charge in [0.25, 0.3) is 0 Å². The molecular weight excluding hydrogens is 370 g/mol. The molecule has 1 N–H and O–H groups in total. The molecule has 1 aromatic rings. The maximum Gasteiger partial charge on any atom is 0.102 e. The van der Waals surface area contributed by atoms with Crippen LogP contribution in [-0.2, 0) is 6.54 Å². The van der Waals surface area contributed by atoms with Gasteiger partial charge >= 0.3 is 0 Å². The van der Waals surface area contributed by atoms with Gasteiger partial charge in [-0.25, -0.2) is 0 Å². The fourth-order valence-electron chi connectivity index (χ4n) is 8.85. The van der Waals surface area contributed by atoms with Crippen molar-refractivity contribution in [3.63, 3.8) is 0 Å². The van der Waals surface area contributed by atoms with Gasteiger partial charge in [0.15, 0.2) is 0 Å². The highest BCUT2D eigenvalue weighted by Crippen LogP contribution is 2.68. The summed E-state index contributed by atoms with van der Waals surface area (Å²) in [7, 11) is 0. The van der Waals surface area contributed by atoms with Crippen molar-refractivity contribution in [2.45, 2.75) is 97.1 Å². The molecule has 5 rings (SSSR count). The molecule has 0 bridgehead atoms. The average molecular weight is 410 g/mol. The van der Waals surface area contributed by atoms with Crippen molar-refractivity contribution < 1.29 is 5.11 Å². The minimum atomic E-state index is -0.434. The van der Waals surface area contributed by atoms with E-state index >= 15 is 0 Å². The SMILES string of the molecule is C[C@@]1(O)CC[C@@]2(C)[C@H](CC[C@@H]3[C@@H]2CC[C@]2(C)[C@@H](CCn4cc(C#N)cn4)CC[C@@H]32)C1. The third-order valence-electron chi connectivity index (χ3n) is 10.6. The zero-order valence-electron chi connectivity index (χ0n) is 19.1. The standard InChI is InChI=1S/C26H39N3O/c1-24(30)11-12-26(3)20(14-24)4-6-21-22-7-5-19(25(22,2)10-8-23(21)26)9-13-29-17-18(15-27)16-28-29/h16-17,19-23,30H,4-14H2,1-3H3/t19-,20-,21+,22+,23+,24-,25-,26+/m1/s1. The molecule has 4 fully saturated rings. The normalized spacial score (nSPS) is 47.8. The van der Waals surface area contributed by atoms with E-state index in [0.29, 0.717) is 16.4 Å². The second-order valence-electron chi connectivity index (χ2n) is 12.1. The van der Waals surface area contributed by atoms with Gasteiger partial charge in [-0.15, -0.1) is 0 Å². The van der Waals surface area contributed by atoms with Crippen LogP contribution < -0.4 is 0 Å². The van der Waals surface area contributed by atoms with E-state index in [1.165, 1.54) is 51.4 Å². The van der Waals surface area contributed by atoms with Crippen molar-refractivity contribution in [2.75, 3.05) is 0 Å². The van der Waals surface area contributed by atoms with Crippen molar-refractivity contribution >= 4 is 0 Å². The molecule has 4 saturated carbocycles. The van der Waals surface area contributed by atoms with Gasteiger partial charge in [0, 0.05) is 12.7 Å². The van der Waals surface area contributed by atoms with Crippen LogP contribution in [0.15, 0.2) is 12.4 Å². The maximum absolute atomic E-state index is 10.7. The molecule has 4 aliphatic carbocycles. The highest BCUT2D eigenvalue weighted by Gasteiger charge is 2.60. The lowest BCUT2D eigenvalue weighted by atomic mass is 9.44. The van der Waals surface area contributed by atoms with Gasteiger partial charge in [0.1, 0.15) is 6.07 Å². The molecule has 4 aliphatic rings. The molecule has 0 saturated heterocycles. The first-order chi connectivity index (χ1) is 14.2. The Morgan fingerprint density at radius 2 is 1.87 bits per heavy atom. The fourth-order valence-corrected chi connectivity index (χ4v) is 8.85.